The average Bonchev–Trinajstić information content (AvgIpc) is 3.78. The molecule has 38 heavy (non-hydrogen) atoms. The number of hydrogen-bond donors (Lipinski definition) is 1. The first-order valence-electron chi connectivity index (χ1n) is 13.1. The van der Waals surface area contributed by atoms with Crippen molar-refractivity contribution in [2.75, 3.05) is 19.7 Å². The molecule has 4 nitrogen and oxygen atoms in total. The standard InChI is InChI=1S/C31H31ClF2N2O2/c32-28-6-2-1-5-23(28)20-36(25-12-13-25)31(37)27-19-35-16-15-26(27)22-9-7-21(8-10-22)4-3-17-38-30-18-24(33)11-14-29(30)34/h1-2,5-11,14,18,25,35H,3-4,12-13,15-17,19-20H2. The Kier molecular flexibility index (Phi) is 8.40. The molecule has 3 aromatic carbocycles. The van der Waals surface area contributed by atoms with Crippen molar-refractivity contribution in [1.82, 2.24) is 10.2 Å². The Morgan fingerprint density at radius 1 is 1.05 bits per heavy atom. The van der Waals surface area contributed by atoms with Gasteiger partial charge in [-0.25, -0.2) is 8.78 Å². The summed E-state index contributed by atoms with van der Waals surface area (Å²) in [4.78, 5) is 15.8. The van der Waals surface area contributed by atoms with Crippen molar-refractivity contribution in [3.63, 3.8) is 0 Å². The molecule has 0 aromatic heterocycles. The van der Waals surface area contributed by atoms with Gasteiger partial charge in [-0.15, -0.1) is 0 Å². The summed E-state index contributed by atoms with van der Waals surface area (Å²) in [7, 11) is 0. The van der Waals surface area contributed by atoms with E-state index in [1.165, 1.54) is 0 Å². The first kappa shape index (κ1) is 26.4. The van der Waals surface area contributed by atoms with Gasteiger partial charge in [0.15, 0.2) is 11.6 Å². The molecule has 1 aliphatic heterocycles. The summed E-state index contributed by atoms with van der Waals surface area (Å²) in [5, 5.41) is 4.06. The van der Waals surface area contributed by atoms with E-state index in [1.807, 2.05) is 29.2 Å². The number of nitrogens with zero attached hydrogens (tertiary/aromatic N) is 1. The summed E-state index contributed by atoms with van der Waals surface area (Å²) in [6.45, 7) is 2.19. The Bertz CT molecular complexity index is 1320. The fraction of sp³-hybridized carbons (Fsp3) is 0.323. The second-order valence-corrected chi connectivity index (χ2v) is 10.3. The highest BCUT2D eigenvalue weighted by Crippen LogP contribution is 2.34. The molecule has 1 fully saturated rings. The third-order valence-corrected chi connectivity index (χ3v) is 7.45. The van der Waals surface area contributed by atoms with Crippen LogP contribution >= 0.6 is 11.6 Å². The third kappa shape index (κ3) is 6.43. The van der Waals surface area contributed by atoms with Gasteiger partial charge in [-0.1, -0.05) is 54.1 Å². The van der Waals surface area contributed by atoms with Crippen molar-refractivity contribution in [2.45, 2.75) is 44.7 Å². The third-order valence-electron chi connectivity index (χ3n) is 7.09. The minimum atomic E-state index is -0.566. The maximum Gasteiger partial charge on any atom is 0.251 e. The van der Waals surface area contributed by atoms with Gasteiger partial charge in [0, 0.05) is 35.8 Å². The fourth-order valence-electron chi connectivity index (χ4n) is 4.86. The van der Waals surface area contributed by atoms with E-state index in [1.54, 1.807) is 0 Å². The van der Waals surface area contributed by atoms with E-state index in [4.69, 9.17) is 16.3 Å². The zero-order chi connectivity index (χ0) is 26.5. The van der Waals surface area contributed by atoms with Crippen molar-refractivity contribution >= 4 is 23.1 Å². The SMILES string of the molecule is O=C(C1=C(c2ccc(CCCOc3cc(F)ccc3F)cc2)CCNC1)N(Cc1ccccc1Cl)C1CC1. The molecule has 1 amide bonds. The zero-order valence-electron chi connectivity index (χ0n) is 21.2. The summed E-state index contributed by atoms with van der Waals surface area (Å²) < 4.78 is 32.4. The van der Waals surface area contributed by atoms with Gasteiger partial charge in [-0.05, 0) is 79.1 Å². The summed E-state index contributed by atoms with van der Waals surface area (Å²) in [5.41, 5.74) is 5.07. The molecule has 1 N–H and O–H groups in total. The van der Waals surface area contributed by atoms with Gasteiger partial charge in [0.25, 0.3) is 5.91 Å². The topological polar surface area (TPSA) is 41.6 Å². The normalized spacial score (nSPS) is 15.4. The van der Waals surface area contributed by atoms with Crippen LogP contribution in [0.1, 0.15) is 42.4 Å². The minimum Gasteiger partial charge on any atom is -0.490 e. The Labute approximate surface area is 227 Å². The second-order valence-electron chi connectivity index (χ2n) is 9.86. The van der Waals surface area contributed by atoms with Gasteiger partial charge in [0.2, 0.25) is 0 Å². The molecule has 0 radical (unpaired) electrons. The molecular formula is C31H31ClF2N2O2. The quantitative estimate of drug-likeness (QED) is 0.298. The highest BCUT2D eigenvalue weighted by atomic mass is 35.5. The number of carbonyl (C=O) groups excluding carboxylic acids is 1. The number of ether oxygens (including phenoxy) is 1. The molecule has 198 valence electrons. The van der Waals surface area contributed by atoms with Crippen molar-refractivity contribution in [3.8, 4) is 5.75 Å². The zero-order valence-corrected chi connectivity index (χ0v) is 21.9. The number of carbonyl (C=O) groups is 1. The largest absolute Gasteiger partial charge is 0.490 e. The molecule has 2 aliphatic rings. The lowest BCUT2D eigenvalue weighted by Gasteiger charge is -2.28. The lowest BCUT2D eigenvalue weighted by Crippen LogP contribution is -2.39. The van der Waals surface area contributed by atoms with E-state index in [9.17, 15) is 13.6 Å². The fourth-order valence-corrected chi connectivity index (χ4v) is 5.06. The summed E-state index contributed by atoms with van der Waals surface area (Å²) in [6, 6.07) is 19.5. The number of nitrogens with one attached hydrogen (secondary N) is 1. The Morgan fingerprint density at radius 2 is 1.84 bits per heavy atom. The number of aryl methyl sites for hydroxylation is 1. The van der Waals surface area contributed by atoms with Crippen LogP contribution in [0.4, 0.5) is 8.78 Å². The molecule has 0 saturated heterocycles. The van der Waals surface area contributed by atoms with Crippen LogP contribution in [-0.4, -0.2) is 36.5 Å². The Balaban J connectivity index is 1.25. The van der Waals surface area contributed by atoms with Crippen LogP contribution in [0.15, 0.2) is 72.3 Å². The number of amides is 1. The molecule has 0 atom stereocenters. The molecule has 3 aromatic rings. The van der Waals surface area contributed by atoms with Crippen LogP contribution in [0, 0.1) is 11.6 Å². The predicted molar refractivity (Wildman–Crippen MR) is 146 cm³/mol. The maximum atomic E-state index is 13.8. The number of benzene rings is 3. The molecule has 7 heteroatoms. The first-order valence-corrected chi connectivity index (χ1v) is 13.5. The Morgan fingerprint density at radius 3 is 2.61 bits per heavy atom. The Hall–Kier alpha value is -3.22. The van der Waals surface area contributed by atoms with E-state index in [0.29, 0.717) is 31.1 Å². The average molecular weight is 537 g/mol. The summed E-state index contributed by atoms with van der Waals surface area (Å²) in [6.07, 6.45) is 4.26. The first-order chi connectivity index (χ1) is 18.5. The van der Waals surface area contributed by atoms with Crippen LogP contribution in [0.5, 0.6) is 5.75 Å². The van der Waals surface area contributed by atoms with Crippen LogP contribution in [-0.2, 0) is 17.8 Å². The van der Waals surface area contributed by atoms with Gasteiger partial charge in [0.05, 0.1) is 6.61 Å². The van der Waals surface area contributed by atoms with Crippen molar-refractivity contribution < 1.29 is 18.3 Å². The van der Waals surface area contributed by atoms with Gasteiger partial charge in [-0.2, -0.15) is 0 Å². The lowest BCUT2D eigenvalue weighted by atomic mass is 9.92. The predicted octanol–water partition coefficient (Wildman–Crippen LogP) is 6.57. The second kappa shape index (κ2) is 12.1. The van der Waals surface area contributed by atoms with Gasteiger partial charge < -0.3 is 15.0 Å². The molecule has 1 aliphatic carbocycles. The van der Waals surface area contributed by atoms with E-state index in [2.05, 4.69) is 29.6 Å². The molecule has 0 unspecified atom stereocenters. The van der Waals surface area contributed by atoms with Crippen LogP contribution in [0.3, 0.4) is 0 Å². The minimum absolute atomic E-state index is 0.0647. The van der Waals surface area contributed by atoms with Crippen LogP contribution in [0.25, 0.3) is 5.57 Å². The van der Waals surface area contributed by atoms with E-state index in [0.717, 1.165) is 78.3 Å². The van der Waals surface area contributed by atoms with Gasteiger partial charge >= 0.3 is 0 Å². The van der Waals surface area contributed by atoms with E-state index in [-0.39, 0.29) is 17.7 Å². The van der Waals surface area contributed by atoms with Crippen molar-refractivity contribution in [3.05, 3.63) is 106 Å². The number of halogens is 3. The highest BCUT2D eigenvalue weighted by Gasteiger charge is 2.35. The summed E-state index contributed by atoms with van der Waals surface area (Å²) >= 11 is 6.41. The molecule has 5 rings (SSSR count). The van der Waals surface area contributed by atoms with Gasteiger partial charge in [-0.3, -0.25) is 4.79 Å². The monoisotopic (exact) mass is 536 g/mol. The molecule has 0 bridgehead atoms. The van der Waals surface area contributed by atoms with Crippen LogP contribution < -0.4 is 10.1 Å². The number of rotatable bonds is 10. The van der Waals surface area contributed by atoms with Crippen molar-refractivity contribution in [1.29, 1.82) is 0 Å². The van der Waals surface area contributed by atoms with Crippen LogP contribution in [0.2, 0.25) is 5.02 Å². The summed E-state index contributed by atoms with van der Waals surface area (Å²) in [5.74, 6) is -1.07. The van der Waals surface area contributed by atoms with Gasteiger partial charge in [0.1, 0.15) is 5.82 Å². The number of hydrogen-bond acceptors (Lipinski definition) is 3. The molecular weight excluding hydrogens is 506 g/mol. The van der Waals surface area contributed by atoms with E-state index < -0.39 is 11.6 Å². The smallest absolute Gasteiger partial charge is 0.251 e. The van der Waals surface area contributed by atoms with Crippen molar-refractivity contribution in [2.24, 2.45) is 0 Å². The lowest BCUT2D eigenvalue weighted by molar-refractivity contribution is -0.128. The molecule has 0 spiro atoms. The highest BCUT2D eigenvalue weighted by molar-refractivity contribution is 6.31. The molecule has 1 saturated carbocycles. The van der Waals surface area contributed by atoms with E-state index >= 15 is 0 Å². The molecule has 1 heterocycles. The maximum absolute atomic E-state index is 13.8.